The van der Waals surface area contributed by atoms with Gasteiger partial charge in [-0.1, -0.05) is 24.3 Å². The Bertz CT molecular complexity index is 743. The standard InChI is InChI=1S/C18H18N2O3/c1-12(21)19-14-5-4-6-15(10-14)20-18(22)9-13-11-23-17-8-3-2-7-16(13)17/h2-8,10,13H,9,11H2,1H3,(H,19,21)(H,20,22). The first-order valence-electron chi connectivity index (χ1n) is 7.51. The van der Waals surface area contributed by atoms with Crippen molar-refractivity contribution in [1.29, 1.82) is 0 Å². The van der Waals surface area contributed by atoms with E-state index in [1.807, 2.05) is 24.3 Å². The van der Waals surface area contributed by atoms with Crippen LogP contribution < -0.4 is 15.4 Å². The molecule has 2 aromatic rings. The molecule has 2 N–H and O–H groups in total. The number of benzene rings is 2. The highest BCUT2D eigenvalue weighted by atomic mass is 16.5. The summed E-state index contributed by atoms with van der Waals surface area (Å²) in [7, 11) is 0. The Kier molecular flexibility index (Phi) is 4.28. The molecule has 1 unspecified atom stereocenters. The largest absolute Gasteiger partial charge is 0.493 e. The van der Waals surface area contributed by atoms with Crippen molar-refractivity contribution in [3.8, 4) is 5.75 Å². The first-order valence-corrected chi connectivity index (χ1v) is 7.51. The molecule has 0 aromatic heterocycles. The monoisotopic (exact) mass is 310 g/mol. The Morgan fingerprint density at radius 1 is 1.09 bits per heavy atom. The second-order valence-corrected chi connectivity index (χ2v) is 5.56. The molecule has 0 saturated carbocycles. The zero-order chi connectivity index (χ0) is 16.2. The molecule has 0 aliphatic carbocycles. The molecular formula is C18H18N2O3. The van der Waals surface area contributed by atoms with Gasteiger partial charge in [0.05, 0.1) is 6.61 Å². The summed E-state index contributed by atoms with van der Waals surface area (Å²) in [5.74, 6) is 0.714. The van der Waals surface area contributed by atoms with Crippen LogP contribution in [0.1, 0.15) is 24.8 Å². The molecule has 1 aliphatic heterocycles. The third-order valence-electron chi connectivity index (χ3n) is 3.70. The van der Waals surface area contributed by atoms with Crippen LogP contribution in [0, 0.1) is 0 Å². The summed E-state index contributed by atoms with van der Waals surface area (Å²) in [6.45, 7) is 1.97. The molecule has 1 atom stereocenters. The van der Waals surface area contributed by atoms with Crippen LogP contribution in [0.25, 0.3) is 0 Å². The molecule has 2 amide bonds. The number of rotatable bonds is 4. The Labute approximate surface area is 134 Å². The molecule has 0 radical (unpaired) electrons. The number of hydrogen-bond acceptors (Lipinski definition) is 3. The number of ether oxygens (including phenoxy) is 1. The van der Waals surface area contributed by atoms with Crippen LogP contribution in [-0.4, -0.2) is 18.4 Å². The van der Waals surface area contributed by atoms with Crippen LogP contribution in [0.15, 0.2) is 48.5 Å². The average Bonchev–Trinajstić information content (AvgIpc) is 2.90. The van der Waals surface area contributed by atoms with Gasteiger partial charge in [0.25, 0.3) is 0 Å². The summed E-state index contributed by atoms with van der Waals surface area (Å²) in [6.07, 6.45) is 0.362. The van der Waals surface area contributed by atoms with Gasteiger partial charge in [-0.3, -0.25) is 9.59 Å². The molecule has 3 rings (SSSR count). The molecule has 2 aromatic carbocycles. The minimum absolute atomic E-state index is 0.0738. The van der Waals surface area contributed by atoms with E-state index in [4.69, 9.17) is 4.74 Å². The number of para-hydroxylation sites is 1. The maximum absolute atomic E-state index is 12.3. The molecule has 0 bridgehead atoms. The summed E-state index contributed by atoms with van der Waals surface area (Å²) in [5, 5.41) is 5.56. The van der Waals surface area contributed by atoms with E-state index in [-0.39, 0.29) is 17.7 Å². The van der Waals surface area contributed by atoms with E-state index >= 15 is 0 Å². The maximum atomic E-state index is 12.3. The van der Waals surface area contributed by atoms with E-state index < -0.39 is 0 Å². The minimum Gasteiger partial charge on any atom is -0.493 e. The highest BCUT2D eigenvalue weighted by Crippen LogP contribution is 2.35. The first-order chi connectivity index (χ1) is 11.1. The molecule has 0 saturated heterocycles. The second kappa shape index (κ2) is 6.52. The highest BCUT2D eigenvalue weighted by molar-refractivity contribution is 5.93. The minimum atomic E-state index is -0.145. The predicted octanol–water partition coefficient (Wildman–Crippen LogP) is 3.15. The van der Waals surface area contributed by atoms with Crippen molar-refractivity contribution in [3.63, 3.8) is 0 Å². The van der Waals surface area contributed by atoms with Crippen LogP contribution in [0.3, 0.4) is 0 Å². The van der Waals surface area contributed by atoms with Gasteiger partial charge in [-0.2, -0.15) is 0 Å². The van der Waals surface area contributed by atoms with Gasteiger partial charge in [-0.15, -0.1) is 0 Å². The van der Waals surface area contributed by atoms with Crippen molar-refractivity contribution in [2.45, 2.75) is 19.3 Å². The fourth-order valence-corrected chi connectivity index (χ4v) is 2.71. The lowest BCUT2D eigenvalue weighted by Gasteiger charge is -2.11. The zero-order valence-electron chi connectivity index (χ0n) is 12.8. The Balaban J connectivity index is 1.63. The second-order valence-electron chi connectivity index (χ2n) is 5.56. The molecule has 1 heterocycles. The number of nitrogens with one attached hydrogen (secondary N) is 2. The summed E-state index contributed by atoms with van der Waals surface area (Å²) in [4.78, 5) is 23.3. The van der Waals surface area contributed by atoms with Gasteiger partial charge in [-0.25, -0.2) is 0 Å². The molecule has 1 aliphatic rings. The van der Waals surface area contributed by atoms with Crippen LogP contribution >= 0.6 is 0 Å². The van der Waals surface area contributed by atoms with E-state index in [9.17, 15) is 9.59 Å². The van der Waals surface area contributed by atoms with Crippen LogP contribution in [0.2, 0.25) is 0 Å². The van der Waals surface area contributed by atoms with Gasteiger partial charge in [0.2, 0.25) is 11.8 Å². The van der Waals surface area contributed by atoms with E-state index in [1.54, 1.807) is 24.3 Å². The Morgan fingerprint density at radius 3 is 2.61 bits per heavy atom. The molecule has 118 valence electrons. The van der Waals surface area contributed by atoms with Crippen molar-refractivity contribution in [3.05, 3.63) is 54.1 Å². The molecule has 0 spiro atoms. The quantitative estimate of drug-likeness (QED) is 0.911. The Morgan fingerprint density at radius 2 is 1.83 bits per heavy atom. The predicted molar refractivity (Wildman–Crippen MR) is 88.7 cm³/mol. The average molecular weight is 310 g/mol. The number of carbonyl (C=O) groups is 2. The normalized spacial score (nSPS) is 15.4. The van der Waals surface area contributed by atoms with Crippen LogP contribution in [0.4, 0.5) is 11.4 Å². The number of amides is 2. The van der Waals surface area contributed by atoms with Gasteiger partial charge in [0, 0.05) is 36.2 Å². The van der Waals surface area contributed by atoms with Crippen LogP contribution in [0.5, 0.6) is 5.75 Å². The number of fused-ring (bicyclic) bond motifs is 1. The fraction of sp³-hybridized carbons (Fsp3) is 0.222. The number of carbonyl (C=O) groups excluding carboxylic acids is 2. The van der Waals surface area contributed by atoms with E-state index in [0.717, 1.165) is 11.3 Å². The van der Waals surface area contributed by atoms with Crippen molar-refractivity contribution < 1.29 is 14.3 Å². The van der Waals surface area contributed by atoms with Gasteiger partial charge >= 0.3 is 0 Å². The Hall–Kier alpha value is -2.82. The number of anilines is 2. The third kappa shape index (κ3) is 3.69. The van der Waals surface area contributed by atoms with E-state index in [0.29, 0.717) is 24.4 Å². The smallest absolute Gasteiger partial charge is 0.225 e. The lowest BCUT2D eigenvalue weighted by Crippen LogP contribution is -2.16. The molecule has 5 nitrogen and oxygen atoms in total. The fourth-order valence-electron chi connectivity index (χ4n) is 2.71. The lowest BCUT2D eigenvalue weighted by atomic mass is 9.97. The van der Waals surface area contributed by atoms with Gasteiger partial charge in [0.15, 0.2) is 0 Å². The first kappa shape index (κ1) is 15.1. The molecule has 23 heavy (non-hydrogen) atoms. The topological polar surface area (TPSA) is 67.4 Å². The summed E-state index contributed by atoms with van der Waals surface area (Å²) in [6, 6.07) is 14.9. The molecule has 5 heteroatoms. The van der Waals surface area contributed by atoms with Crippen molar-refractivity contribution >= 4 is 23.2 Å². The van der Waals surface area contributed by atoms with Gasteiger partial charge in [-0.05, 0) is 24.3 Å². The summed E-state index contributed by atoms with van der Waals surface area (Å²) >= 11 is 0. The maximum Gasteiger partial charge on any atom is 0.225 e. The SMILES string of the molecule is CC(=O)Nc1cccc(NC(=O)CC2COc3ccccc32)c1. The lowest BCUT2D eigenvalue weighted by molar-refractivity contribution is -0.116. The summed E-state index contributed by atoms with van der Waals surface area (Å²) < 4.78 is 5.60. The van der Waals surface area contributed by atoms with Gasteiger partial charge in [0.1, 0.15) is 5.75 Å². The summed E-state index contributed by atoms with van der Waals surface area (Å²) in [5.41, 5.74) is 2.40. The van der Waals surface area contributed by atoms with Crippen LogP contribution in [-0.2, 0) is 9.59 Å². The molecular weight excluding hydrogens is 292 g/mol. The molecule has 0 fully saturated rings. The number of hydrogen-bond donors (Lipinski definition) is 2. The third-order valence-corrected chi connectivity index (χ3v) is 3.70. The van der Waals surface area contributed by atoms with E-state index in [2.05, 4.69) is 10.6 Å². The highest BCUT2D eigenvalue weighted by Gasteiger charge is 2.25. The zero-order valence-corrected chi connectivity index (χ0v) is 12.8. The van der Waals surface area contributed by atoms with Gasteiger partial charge < -0.3 is 15.4 Å². The van der Waals surface area contributed by atoms with Crippen molar-refractivity contribution in [2.24, 2.45) is 0 Å². The van der Waals surface area contributed by atoms with Crippen molar-refractivity contribution in [1.82, 2.24) is 0 Å². The van der Waals surface area contributed by atoms with E-state index in [1.165, 1.54) is 6.92 Å². The van der Waals surface area contributed by atoms with Crippen molar-refractivity contribution in [2.75, 3.05) is 17.2 Å².